The van der Waals surface area contributed by atoms with Crippen LogP contribution in [0.25, 0.3) is 0 Å². The van der Waals surface area contributed by atoms with Crippen molar-refractivity contribution in [2.45, 2.75) is 25.2 Å². The number of nitrogens with zero attached hydrogens (tertiary/aromatic N) is 2. The van der Waals surface area contributed by atoms with Crippen molar-refractivity contribution < 1.29 is 22.0 Å². The fourth-order valence-electron chi connectivity index (χ4n) is 0.836. The van der Waals surface area contributed by atoms with Crippen molar-refractivity contribution >= 4 is 0 Å². The molecule has 0 saturated heterocycles. The quantitative estimate of drug-likeness (QED) is 0.770. The van der Waals surface area contributed by atoms with Crippen molar-refractivity contribution in [2.75, 3.05) is 6.54 Å². The van der Waals surface area contributed by atoms with E-state index in [1.807, 2.05) is 0 Å². The summed E-state index contributed by atoms with van der Waals surface area (Å²) < 4.78 is 53.4. The number of aromatic nitrogens is 2. The molecule has 0 spiro atoms. The van der Waals surface area contributed by atoms with Crippen LogP contribution in [0.1, 0.15) is 18.2 Å². The van der Waals surface area contributed by atoms with Gasteiger partial charge in [-0.25, -0.2) is 8.78 Å². The average Bonchev–Trinajstić information content (AvgIpc) is 2.63. The summed E-state index contributed by atoms with van der Waals surface area (Å²) in [5.41, 5.74) is 5.16. The summed E-state index contributed by atoms with van der Waals surface area (Å²) in [4.78, 5) is 0. The van der Waals surface area contributed by atoms with Crippen molar-refractivity contribution in [1.82, 2.24) is 10.2 Å². The molecule has 0 bridgehead atoms. The Labute approximate surface area is 82.5 Å². The van der Waals surface area contributed by atoms with Crippen LogP contribution >= 0.6 is 0 Å². The number of hydrogen-bond acceptors (Lipinski definition) is 4. The fourth-order valence-corrected chi connectivity index (χ4v) is 0.836. The zero-order valence-corrected chi connectivity index (χ0v) is 7.59. The highest BCUT2D eigenvalue weighted by molar-refractivity contribution is 4.93. The number of rotatable bonds is 5. The molecule has 1 heterocycles. The molecule has 15 heavy (non-hydrogen) atoms. The van der Waals surface area contributed by atoms with Gasteiger partial charge in [0, 0.05) is 6.42 Å². The minimum absolute atomic E-state index is 0.115. The monoisotopic (exact) mass is 227 g/mol. The number of nitrogens with two attached hydrogens (primary N) is 1. The average molecular weight is 227 g/mol. The van der Waals surface area contributed by atoms with Crippen LogP contribution in [-0.2, 0) is 12.3 Å². The Morgan fingerprint density at radius 3 is 2.53 bits per heavy atom. The molecular formula is C7H9F4N3O. The number of alkyl halides is 4. The standard InChI is InChI=1S/C7H9F4N3O/c8-5(9)7(10,11)6-14-13-4(15-6)2-1-3-12/h5H,1-3,12H2. The van der Waals surface area contributed by atoms with Crippen LogP contribution in [-0.4, -0.2) is 23.2 Å². The first kappa shape index (κ1) is 11.9. The third-order valence-corrected chi connectivity index (χ3v) is 1.62. The van der Waals surface area contributed by atoms with Gasteiger partial charge in [0.2, 0.25) is 5.89 Å². The first-order valence-corrected chi connectivity index (χ1v) is 4.17. The molecule has 8 heteroatoms. The molecule has 86 valence electrons. The van der Waals surface area contributed by atoms with Gasteiger partial charge in [-0.3, -0.25) is 0 Å². The lowest BCUT2D eigenvalue weighted by Gasteiger charge is -2.08. The lowest BCUT2D eigenvalue weighted by atomic mass is 10.3. The Kier molecular flexibility index (Phi) is 3.61. The van der Waals surface area contributed by atoms with Crippen LogP contribution < -0.4 is 5.73 Å². The molecule has 0 aliphatic heterocycles. The maximum Gasteiger partial charge on any atom is 0.382 e. The van der Waals surface area contributed by atoms with Gasteiger partial charge in [-0.1, -0.05) is 0 Å². The van der Waals surface area contributed by atoms with E-state index in [0.29, 0.717) is 13.0 Å². The Balaban J connectivity index is 2.75. The zero-order valence-electron chi connectivity index (χ0n) is 7.59. The zero-order chi connectivity index (χ0) is 11.5. The molecule has 0 saturated carbocycles. The van der Waals surface area contributed by atoms with Crippen molar-refractivity contribution in [3.8, 4) is 0 Å². The predicted octanol–water partition coefficient (Wildman–Crippen LogP) is 1.32. The van der Waals surface area contributed by atoms with E-state index in [9.17, 15) is 17.6 Å². The third kappa shape index (κ3) is 2.65. The largest absolute Gasteiger partial charge is 0.419 e. The van der Waals surface area contributed by atoms with Crippen molar-refractivity contribution in [2.24, 2.45) is 5.73 Å². The van der Waals surface area contributed by atoms with Crippen molar-refractivity contribution in [1.29, 1.82) is 0 Å². The molecule has 0 amide bonds. The first-order chi connectivity index (χ1) is 6.98. The molecule has 0 unspecified atom stereocenters. The Morgan fingerprint density at radius 2 is 2.00 bits per heavy atom. The van der Waals surface area contributed by atoms with E-state index in [4.69, 9.17) is 5.73 Å². The second kappa shape index (κ2) is 4.56. The minimum atomic E-state index is -4.39. The lowest BCUT2D eigenvalue weighted by molar-refractivity contribution is -0.151. The first-order valence-electron chi connectivity index (χ1n) is 4.17. The van der Waals surface area contributed by atoms with Crippen LogP contribution in [0.2, 0.25) is 0 Å². The van der Waals surface area contributed by atoms with Gasteiger partial charge in [-0.2, -0.15) is 8.78 Å². The summed E-state index contributed by atoms with van der Waals surface area (Å²) >= 11 is 0. The Morgan fingerprint density at radius 1 is 1.33 bits per heavy atom. The Bertz CT molecular complexity index is 315. The summed E-state index contributed by atoms with van der Waals surface area (Å²) in [7, 11) is 0. The summed E-state index contributed by atoms with van der Waals surface area (Å²) in [6.07, 6.45) is -3.20. The van der Waals surface area contributed by atoms with Crippen molar-refractivity contribution in [3.05, 3.63) is 11.8 Å². The maximum atomic E-state index is 12.6. The van der Waals surface area contributed by atoms with E-state index in [1.165, 1.54) is 0 Å². The molecule has 1 rings (SSSR count). The number of hydrogen-bond donors (Lipinski definition) is 1. The minimum Gasteiger partial charge on any atom is -0.419 e. The van der Waals surface area contributed by atoms with E-state index in [-0.39, 0.29) is 12.3 Å². The van der Waals surface area contributed by atoms with Gasteiger partial charge >= 0.3 is 12.3 Å². The summed E-state index contributed by atoms with van der Waals surface area (Å²) in [5, 5.41) is 6.09. The number of aryl methyl sites for hydroxylation is 1. The van der Waals surface area contributed by atoms with Gasteiger partial charge < -0.3 is 10.2 Å². The van der Waals surface area contributed by atoms with E-state index in [0.717, 1.165) is 0 Å². The van der Waals surface area contributed by atoms with Gasteiger partial charge in [0.25, 0.3) is 5.89 Å². The van der Waals surface area contributed by atoms with Crippen LogP contribution in [0.4, 0.5) is 17.6 Å². The second-order valence-corrected chi connectivity index (χ2v) is 2.82. The molecular weight excluding hydrogens is 218 g/mol. The van der Waals surface area contributed by atoms with Crippen LogP contribution in [0, 0.1) is 0 Å². The molecule has 1 aromatic rings. The normalized spacial score (nSPS) is 12.4. The molecule has 0 atom stereocenters. The van der Waals surface area contributed by atoms with Crippen molar-refractivity contribution in [3.63, 3.8) is 0 Å². The van der Waals surface area contributed by atoms with E-state index >= 15 is 0 Å². The van der Waals surface area contributed by atoms with Crippen LogP contribution in [0.5, 0.6) is 0 Å². The van der Waals surface area contributed by atoms with Gasteiger partial charge in [0.05, 0.1) is 0 Å². The smallest absolute Gasteiger partial charge is 0.382 e. The summed E-state index contributed by atoms with van der Waals surface area (Å²) in [6.45, 7) is 0.322. The SMILES string of the molecule is NCCCc1nnc(C(F)(F)C(F)F)o1. The predicted molar refractivity (Wildman–Crippen MR) is 41.6 cm³/mol. The van der Waals surface area contributed by atoms with Gasteiger partial charge in [-0.05, 0) is 13.0 Å². The molecule has 1 aromatic heterocycles. The third-order valence-electron chi connectivity index (χ3n) is 1.62. The van der Waals surface area contributed by atoms with E-state index in [2.05, 4.69) is 14.6 Å². The topological polar surface area (TPSA) is 64.9 Å². The molecule has 0 aliphatic rings. The fraction of sp³-hybridized carbons (Fsp3) is 0.714. The highest BCUT2D eigenvalue weighted by Gasteiger charge is 2.48. The molecule has 2 N–H and O–H groups in total. The summed E-state index contributed by atoms with van der Waals surface area (Å²) in [6, 6.07) is 0. The molecule has 0 aromatic carbocycles. The van der Waals surface area contributed by atoms with Crippen LogP contribution in [0.3, 0.4) is 0 Å². The van der Waals surface area contributed by atoms with E-state index < -0.39 is 18.2 Å². The Hall–Kier alpha value is -1.18. The second-order valence-electron chi connectivity index (χ2n) is 2.82. The van der Waals surface area contributed by atoms with Gasteiger partial charge in [0.1, 0.15) is 0 Å². The lowest BCUT2D eigenvalue weighted by Crippen LogP contribution is -2.23. The molecule has 0 fully saturated rings. The molecule has 0 aliphatic carbocycles. The summed E-state index contributed by atoms with van der Waals surface area (Å²) in [5.74, 6) is -5.87. The highest BCUT2D eigenvalue weighted by Crippen LogP contribution is 2.33. The number of halogens is 4. The van der Waals surface area contributed by atoms with Gasteiger partial charge in [0.15, 0.2) is 0 Å². The van der Waals surface area contributed by atoms with Gasteiger partial charge in [-0.15, -0.1) is 10.2 Å². The van der Waals surface area contributed by atoms with E-state index in [1.54, 1.807) is 0 Å². The maximum absolute atomic E-state index is 12.6. The molecule has 0 radical (unpaired) electrons. The highest BCUT2D eigenvalue weighted by atomic mass is 19.3. The van der Waals surface area contributed by atoms with Crippen LogP contribution in [0.15, 0.2) is 4.42 Å². The molecule has 4 nitrogen and oxygen atoms in total.